The number of nitrogens with one attached hydrogen (secondary N) is 1. The normalized spacial score (nSPS) is 10.6. The van der Waals surface area contributed by atoms with Crippen LogP contribution in [0.15, 0.2) is 59.8 Å². The van der Waals surface area contributed by atoms with Crippen molar-refractivity contribution in [2.45, 2.75) is 11.3 Å². The number of carbonyl (C=O) groups is 1. The third-order valence-corrected chi connectivity index (χ3v) is 4.54. The van der Waals surface area contributed by atoms with Gasteiger partial charge in [0.05, 0.1) is 0 Å². The van der Waals surface area contributed by atoms with Gasteiger partial charge in [-0.05, 0) is 36.4 Å². The van der Waals surface area contributed by atoms with E-state index in [0.717, 1.165) is 22.0 Å². The van der Waals surface area contributed by atoms with Crippen LogP contribution in [0.4, 0.5) is 10.1 Å². The Balaban J connectivity index is 1.54. The Morgan fingerprint density at radius 2 is 2.04 bits per heavy atom. The summed E-state index contributed by atoms with van der Waals surface area (Å²) >= 11 is 1.52. The molecule has 1 heterocycles. The molecule has 0 aliphatic heterocycles. The highest BCUT2D eigenvalue weighted by atomic mass is 32.2. The van der Waals surface area contributed by atoms with Crippen molar-refractivity contribution in [2.24, 2.45) is 7.05 Å². The molecule has 5 nitrogen and oxygen atoms in total. The van der Waals surface area contributed by atoms with Gasteiger partial charge < -0.3 is 9.88 Å². The van der Waals surface area contributed by atoms with Crippen molar-refractivity contribution in [3.8, 4) is 11.4 Å². The summed E-state index contributed by atoms with van der Waals surface area (Å²) in [5.41, 5.74) is 1.61. The van der Waals surface area contributed by atoms with Gasteiger partial charge in [-0.3, -0.25) is 4.79 Å². The summed E-state index contributed by atoms with van der Waals surface area (Å²) in [6, 6.07) is 13.8. The lowest BCUT2D eigenvalue weighted by Gasteiger charge is -2.07. The number of aryl methyl sites for hydroxylation is 1. The minimum Gasteiger partial charge on any atom is -0.326 e. The molecular formula is C18H17FN4OS. The second-order valence-electron chi connectivity index (χ2n) is 5.45. The van der Waals surface area contributed by atoms with Crippen LogP contribution in [-0.4, -0.2) is 26.4 Å². The van der Waals surface area contributed by atoms with E-state index in [2.05, 4.69) is 15.5 Å². The molecule has 2 aromatic carbocycles. The number of carbonyl (C=O) groups excluding carboxylic acids is 1. The summed E-state index contributed by atoms with van der Waals surface area (Å²) in [7, 11) is 1.87. The lowest BCUT2D eigenvalue weighted by molar-refractivity contribution is -0.115. The van der Waals surface area contributed by atoms with Crippen LogP contribution in [0.1, 0.15) is 6.42 Å². The van der Waals surface area contributed by atoms with Crippen molar-refractivity contribution in [1.82, 2.24) is 14.8 Å². The second-order valence-corrected chi connectivity index (χ2v) is 6.62. The van der Waals surface area contributed by atoms with Crippen LogP contribution in [0.3, 0.4) is 0 Å². The zero-order chi connectivity index (χ0) is 17.6. The standard InChI is InChI=1S/C18H17FN4OS/c1-23-12-20-22-18(23)13-3-2-4-15(11-13)21-17(24)9-10-25-16-7-5-14(19)6-8-16/h2-8,11-12H,9-10H2,1H3,(H,21,24). The van der Waals surface area contributed by atoms with Gasteiger partial charge in [0.15, 0.2) is 5.82 Å². The maximum Gasteiger partial charge on any atom is 0.225 e. The minimum absolute atomic E-state index is 0.0651. The molecule has 0 spiro atoms. The van der Waals surface area contributed by atoms with Crippen LogP contribution in [0, 0.1) is 5.82 Å². The first-order valence-electron chi connectivity index (χ1n) is 7.74. The predicted molar refractivity (Wildman–Crippen MR) is 96.8 cm³/mol. The van der Waals surface area contributed by atoms with Crippen molar-refractivity contribution in [3.63, 3.8) is 0 Å². The molecule has 3 rings (SSSR count). The monoisotopic (exact) mass is 356 g/mol. The van der Waals surface area contributed by atoms with Crippen molar-refractivity contribution >= 4 is 23.4 Å². The number of anilines is 1. The van der Waals surface area contributed by atoms with Crippen molar-refractivity contribution < 1.29 is 9.18 Å². The molecule has 0 saturated heterocycles. The average molecular weight is 356 g/mol. The molecule has 0 aliphatic carbocycles. The molecule has 7 heteroatoms. The van der Waals surface area contributed by atoms with Crippen molar-refractivity contribution in [1.29, 1.82) is 0 Å². The molecule has 0 fully saturated rings. The molecule has 0 saturated carbocycles. The lowest BCUT2D eigenvalue weighted by Crippen LogP contribution is -2.12. The molecule has 25 heavy (non-hydrogen) atoms. The molecule has 1 aromatic heterocycles. The fraction of sp³-hybridized carbons (Fsp3) is 0.167. The third kappa shape index (κ3) is 4.67. The molecule has 0 radical (unpaired) electrons. The quantitative estimate of drug-likeness (QED) is 0.684. The van der Waals surface area contributed by atoms with E-state index in [1.807, 2.05) is 35.9 Å². The van der Waals surface area contributed by atoms with Gasteiger partial charge in [-0.25, -0.2) is 4.39 Å². The summed E-state index contributed by atoms with van der Waals surface area (Å²) in [6.07, 6.45) is 2.00. The Morgan fingerprint density at radius 1 is 1.24 bits per heavy atom. The molecule has 0 atom stereocenters. The van der Waals surface area contributed by atoms with E-state index in [4.69, 9.17) is 0 Å². The first-order chi connectivity index (χ1) is 12.1. The number of benzene rings is 2. The Kier molecular flexibility index (Phi) is 5.45. The Morgan fingerprint density at radius 3 is 2.76 bits per heavy atom. The number of rotatable bonds is 6. The van der Waals surface area contributed by atoms with E-state index in [1.54, 1.807) is 18.5 Å². The fourth-order valence-corrected chi connectivity index (χ4v) is 3.15. The number of aromatic nitrogens is 3. The fourth-order valence-electron chi connectivity index (χ4n) is 2.30. The van der Waals surface area contributed by atoms with Gasteiger partial charge in [-0.1, -0.05) is 12.1 Å². The van der Waals surface area contributed by atoms with Gasteiger partial charge in [-0.15, -0.1) is 22.0 Å². The third-order valence-electron chi connectivity index (χ3n) is 3.53. The van der Waals surface area contributed by atoms with E-state index in [0.29, 0.717) is 12.2 Å². The van der Waals surface area contributed by atoms with E-state index >= 15 is 0 Å². The SMILES string of the molecule is Cn1cnnc1-c1cccc(NC(=O)CCSc2ccc(F)cc2)c1. The minimum atomic E-state index is -0.259. The molecule has 3 aromatic rings. The summed E-state index contributed by atoms with van der Waals surface area (Å²) in [5, 5.41) is 10.8. The van der Waals surface area contributed by atoms with Gasteiger partial charge in [-0.2, -0.15) is 0 Å². The molecule has 0 bridgehead atoms. The topological polar surface area (TPSA) is 59.8 Å². The number of amides is 1. The smallest absolute Gasteiger partial charge is 0.225 e. The second kappa shape index (κ2) is 7.94. The van der Waals surface area contributed by atoms with Crippen LogP contribution in [0.5, 0.6) is 0 Å². The Labute approximate surface area is 149 Å². The largest absolute Gasteiger partial charge is 0.326 e. The molecule has 0 unspecified atom stereocenters. The number of thioether (sulfide) groups is 1. The summed E-state index contributed by atoms with van der Waals surface area (Å²) in [5.74, 6) is 1.04. The average Bonchev–Trinajstić information content (AvgIpc) is 3.03. The number of halogens is 1. The molecule has 0 aliphatic rings. The first-order valence-corrected chi connectivity index (χ1v) is 8.73. The first kappa shape index (κ1) is 17.2. The van der Waals surface area contributed by atoms with Crippen LogP contribution in [-0.2, 0) is 11.8 Å². The van der Waals surface area contributed by atoms with Crippen LogP contribution >= 0.6 is 11.8 Å². The van der Waals surface area contributed by atoms with Gasteiger partial charge in [0.2, 0.25) is 5.91 Å². The van der Waals surface area contributed by atoms with E-state index in [1.165, 1.54) is 23.9 Å². The van der Waals surface area contributed by atoms with Crippen molar-refractivity contribution in [3.05, 3.63) is 60.7 Å². The molecule has 1 N–H and O–H groups in total. The maximum absolute atomic E-state index is 12.9. The maximum atomic E-state index is 12.9. The summed E-state index contributed by atoms with van der Waals surface area (Å²) in [4.78, 5) is 13.0. The van der Waals surface area contributed by atoms with Gasteiger partial charge >= 0.3 is 0 Å². The van der Waals surface area contributed by atoms with Crippen molar-refractivity contribution in [2.75, 3.05) is 11.1 Å². The summed E-state index contributed by atoms with van der Waals surface area (Å²) < 4.78 is 14.7. The summed E-state index contributed by atoms with van der Waals surface area (Å²) in [6.45, 7) is 0. The van der Waals surface area contributed by atoms with Gasteiger partial charge in [0.1, 0.15) is 12.1 Å². The number of hydrogen-bond acceptors (Lipinski definition) is 4. The van der Waals surface area contributed by atoms with E-state index in [9.17, 15) is 9.18 Å². The van der Waals surface area contributed by atoms with Gasteiger partial charge in [0, 0.05) is 35.4 Å². The lowest BCUT2D eigenvalue weighted by atomic mass is 10.2. The zero-order valence-electron chi connectivity index (χ0n) is 13.6. The molecule has 1 amide bonds. The highest BCUT2D eigenvalue weighted by Gasteiger charge is 2.07. The van der Waals surface area contributed by atoms with E-state index < -0.39 is 0 Å². The zero-order valence-corrected chi connectivity index (χ0v) is 14.5. The highest BCUT2D eigenvalue weighted by Crippen LogP contribution is 2.21. The highest BCUT2D eigenvalue weighted by molar-refractivity contribution is 7.99. The van der Waals surface area contributed by atoms with Crippen LogP contribution in [0.2, 0.25) is 0 Å². The number of hydrogen-bond donors (Lipinski definition) is 1. The Bertz CT molecular complexity index is 864. The predicted octanol–water partition coefficient (Wildman–Crippen LogP) is 3.74. The molecule has 128 valence electrons. The Hall–Kier alpha value is -2.67. The van der Waals surface area contributed by atoms with E-state index in [-0.39, 0.29) is 11.7 Å². The van der Waals surface area contributed by atoms with Crippen LogP contribution in [0.25, 0.3) is 11.4 Å². The van der Waals surface area contributed by atoms with Crippen LogP contribution < -0.4 is 5.32 Å². The molecular weight excluding hydrogens is 339 g/mol. The van der Waals surface area contributed by atoms with Gasteiger partial charge in [0.25, 0.3) is 0 Å². The number of nitrogens with zero attached hydrogens (tertiary/aromatic N) is 3.